The van der Waals surface area contributed by atoms with E-state index in [-0.39, 0.29) is 6.10 Å². The molecule has 0 aromatic carbocycles. The first-order chi connectivity index (χ1) is 15.7. The maximum absolute atomic E-state index is 5.94. The molecule has 0 radical (unpaired) electrons. The maximum atomic E-state index is 5.94. The standard InChI is InChI=1S/C22H27N7O2S/c1-28-8-10-29(11-9-28)16-2-3-20(24-14-16)27-22-25-15-19(32-22)18-4-7-23-21(26-18)31-17-5-12-30-13-6-17/h2-4,7,14-15,17H,5-6,8-13H2,1H3,(H,24,25,27). The summed E-state index contributed by atoms with van der Waals surface area (Å²) in [5.41, 5.74) is 1.95. The van der Waals surface area contributed by atoms with Gasteiger partial charge in [-0.1, -0.05) is 11.3 Å². The fourth-order valence-electron chi connectivity index (χ4n) is 3.75. The Morgan fingerprint density at radius 2 is 1.88 bits per heavy atom. The summed E-state index contributed by atoms with van der Waals surface area (Å²) in [5.74, 6) is 0.773. The monoisotopic (exact) mass is 453 g/mol. The van der Waals surface area contributed by atoms with E-state index in [4.69, 9.17) is 9.47 Å². The second-order valence-corrected chi connectivity index (χ2v) is 9.03. The van der Waals surface area contributed by atoms with Crippen molar-refractivity contribution in [1.29, 1.82) is 0 Å². The lowest BCUT2D eigenvalue weighted by atomic mass is 10.2. The van der Waals surface area contributed by atoms with Crippen LogP contribution in [0.25, 0.3) is 10.6 Å². The Morgan fingerprint density at radius 1 is 1.03 bits per heavy atom. The van der Waals surface area contributed by atoms with Crippen molar-refractivity contribution in [2.75, 3.05) is 56.7 Å². The molecule has 5 rings (SSSR count). The quantitative estimate of drug-likeness (QED) is 0.605. The van der Waals surface area contributed by atoms with Crippen molar-refractivity contribution < 1.29 is 9.47 Å². The highest BCUT2D eigenvalue weighted by atomic mass is 32.1. The van der Waals surface area contributed by atoms with Crippen molar-refractivity contribution in [3.05, 3.63) is 36.8 Å². The second kappa shape index (κ2) is 9.76. The van der Waals surface area contributed by atoms with Crippen LogP contribution in [0.5, 0.6) is 6.01 Å². The summed E-state index contributed by atoms with van der Waals surface area (Å²) in [6.45, 7) is 5.65. The Morgan fingerprint density at radius 3 is 2.66 bits per heavy atom. The molecule has 2 aliphatic heterocycles. The van der Waals surface area contributed by atoms with E-state index < -0.39 is 0 Å². The van der Waals surface area contributed by atoms with Gasteiger partial charge in [0.05, 0.1) is 35.7 Å². The van der Waals surface area contributed by atoms with Gasteiger partial charge in [-0.05, 0) is 25.2 Å². The Labute approximate surface area is 191 Å². The van der Waals surface area contributed by atoms with Gasteiger partial charge in [0.2, 0.25) is 0 Å². The van der Waals surface area contributed by atoms with Gasteiger partial charge in [-0.15, -0.1) is 0 Å². The predicted octanol–water partition coefficient (Wildman–Crippen LogP) is 3.05. The first-order valence-corrected chi connectivity index (χ1v) is 11.7. The summed E-state index contributed by atoms with van der Waals surface area (Å²) in [4.78, 5) is 23.6. The van der Waals surface area contributed by atoms with Crippen LogP contribution in [0.4, 0.5) is 16.6 Å². The molecule has 0 bridgehead atoms. The highest BCUT2D eigenvalue weighted by Crippen LogP contribution is 2.30. The highest BCUT2D eigenvalue weighted by molar-refractivity contribution is 7.18. The normalized spacial score (nSPS) is 18.0. The fourth-order valence-corrected chi connectivity index (χ4v) is 4.54. The van der Waals surface area contributed by atoms with Gasteiger partial charge in [0, 0.05) is 51.4 Å². The minimum Gasteiger partial charge on any atom is -0.460 e. The topological polar surface area (TPSA) is 88.5 Å². The molecule has 168 valence electrons. The SMILES string of the molecule is CN1CCN(c2ccc(Nc3ncc(-c4ccnc(OC5CCOCC5)n4)s3)nc2)CC1. The zero-order valence-corrected chi connectivity index (χ0v) is 18.9. The number of hydrogen-bond donors (Lipinski definition) is 1. The zero-order chi connectivity index (χ0) is 21.8. The van der Waals surface area contributed by atoms with Crippen molar-refractivity contribution in [1.82, 2.24) is 24.8 Å². The summed E-state index contributed by atoms with van der Waals surface area (Å²) in [7, 11) is 2.16. The molecule has 0 spiro atoms. The van der Waals surface area contributed by atoms with Crippen LogP contribution in [0.1, 0.15) is 12.8 Å². The molecule has 5 heterocycles. The van der Waals surface area contributed by atoms with Gasteiger partial charge in [-0.3, -0.25) is 0 Å². The van der Waals surface area contributed by atoms with Gasteiger partial charge in [0.25, 0.3) is 0 Å². The number of nitrogens with zero attached hydrogens (tertiary/aromatic N) is 6. The van der Waals surface area contributed by atoms with Crippen molar-refractivity contribution in [2.24, 2.45) is 0 Å². The third kappa shape index (κ3) is 5.14. The van der Waals surface area contributed by atoms with Gasteiger partial charge >= 0.3 is 6.01 Å². The summed E-state index contributed by atoms with van der Waals surface area (Å²) in [6.07, 6.45) is 7.30. The zero-order valence-electron chi connectivity index (χ0n) is 18.1. The van der Waals surface area contributed by atoms with Gasteiger partial charge in [-0.2, -0.15) is 4.98 Å². The van der Waals surface area contributed by atoms with Crippen LogP contribution in [-0.2, 0) is 4.74 Å². The van der Waals surface area contributed by atoms with Crippen molar-refractivity contribution in [3.8, 4) is 16.6 Å². The van der Waals surface area contributed by atoms with E-state index in [1.54, 1.807) is 6.20 Å². The minimum atomic E-state index is 0.109. The molecule has 2 saturated heterocycles. The molecule has 0 amide bonds. The Kier molecular flexibility index (Phi) is 6.42. The lowest BCUT2D eigenvalue weighted by Crippen LogP contribution is -2.44. The molecular weight excluding hydrogens is 426 g/mol. The number of anilines is 3. The van der Waals surface area contributed by atoms with Gasteiger partial charge < -0.3 is 24.6 Å². The Bertz CT molecular complexity index is 1020. The highest BCUT2D eigenvalue weighted by Gasteiger charge is 2.18. The van der Waals surface area contributed by atoms with E-state index >= 15 is 0 Å². The largest absolute Gasteiger partial charge is 0.460 e. The van der Waals surface area contributed by atoms with Crippen LogP contribution in [0.3, 0.4) is 0 Å². The smallest absolute Gasteiger partial charge is 0.317 e. The first kappa shape index (κ1) is 21.0. The number of aromatic nitrogens is 4. The Hall–Kier alpha value is -2.82. The molecule has 10 heteroatoms. The summed E-state index contributed by atoms with van der Waals surface area (Å²) >= 11 is 1.52. The van der Waals surface area contributed by atoms with Crippen LogP contribution < -0.4 is 15.0 Å². The summed E-state index contributed by atoms with van der Waals surface area (Å²) in [5, 5.41) is 4.06. The number of rotatable bonds is 6. The van der Waals surface area contributed by atoms with E-state index in [0.717, 1.165) is 79.4 Å². The molecule has 0 atom stereocenters. The van der Waals surface area contributed by atoms with Gasteiger partial charge in [-0.25, -0.2) is 15.0 Å². The van der Waals surface area contributed by atoms with Crippen LogP contribution in [0.15, 0.2) is 36.8 Å². The minimum absolute atomic E-state index is 0.109. The van der Waals surface area contributed by atoms with Crippen LogP contribution in [0, 0.1) is 0 Å². The molecule has 2 fully saturated rings. The van der Waals surface area contributed by atoms with Crippen molar-refractivity contribution in [3.63, 3.8) is 0 Å². The molecule has 9 nitrogen and oxygen atoms in total. The number of likely N-dealkylation sites (N-methyl/N-ethyl adjacent to an activating group) is 1. The summed E-state index contributed by atoms with van der Waals surface area (Å²) in [6, 6.07) is 6.38. The number of pyridine rings is 1. The fraction of sp³-hybridized carbons (Fsp3) is 0.455. The molecule has 32 heavy (non-hydrogen) atoms. The van der Waals surface area contributed by atoms with Crippen molar-refractivity contribution >= 4 is 28.0 Å². The van der Waals surface area contributed by atoms with Crippen molar-refractivity contribution in [2.45, 2.75) is 18.9 Å². The Balaban J connectivity index is 1.22. The number of piperazine rings is 1. The first-order valence-electron chi connectivity index (χ1n) is 10.9. The average Bonchev–Trinajstić information content (AvgIpc) is 3.30. The number of hydrogen-bond acceptors (Lipinski definition) is 10. The number of nitrogens with one attached hydrogen (secondary N) is 1. The summed E-state index contributed by atoms with van der Waals surface area (Å²) < 4.78 is 11.3. The molecule has 0 unspecified atom stereocenters. The molecule has 3 aromatic heterocycles. The molecule has 3 aromatic rings. The van der Waals surface area contributed by atoms with Crippen LogP contribution in [-0.4, -0.2) is 77.4 Å². The molecule has 0 aliphatic carbocycles. The third-order valence-corrected chi connectivity index (χ3v) is 6.62. The van der Waals surface area contributed by atoms with Gasteiger partial charge in [0.15, 0.2) is 5.13 Å². The van der Waals surface area contributed by atoms with E-state index in [2.05, 4.69) is 48.2 Å². The molecular formula is C22H27N7O2S. The maximum Gasteiger partial charge on any atom is 0.317 e. The number of thiazole rings is 1. The lowest BCUT2D eigenvalue weighted by molar-refractivity contribution is 0.0217. The number of ether oxygens (including phenoxy) is 2. The van der Waals surface area contributed by atoms with E-state index in [9.17, 15) is 0 Å². The van der Waals surface area contributed by atoms with Gasteiger partial charge in [0.1, 0.15) is 11.9 Å². The average molecular weight is 454 g/mol. The van der Waals surface area contributed by atoms with E-state index in [0.29, 0.717) is 6.01 Å². The molecule has 1 N–H and O–H groups in total. The predicted molar refractivity (Wildman–Crippen MR) is 125 cm³/mol. The second-order valence-electron chi connectivity index (χ2n) is 8.00. The van der Waals surface area contributed by atoms with Crippen LogP contribution in [0.2, 0.25) is 0 Å². The van der Waals surface area contributed by atoms with E-state index in [1.807, 2.05) is 24.5 Å². The third-order valence-electron chi connectivity index (χ3n) is 5.68. The molecule has 2 aliphatic rings. The lowest BCUT2D eigenvalue weighted by Gasteiger charge is -2.33. The molecule has 0 saturated carbocycles. The van der Waals surface area contributed by atoms with E-state index in [1.165, 1.54) is 11.3 Å². The van der Waals surface area contributed by atoms with Crippen LogP contribution >= 0.6 is 11.3 Å².